The lowest BCUT2D eigenvalue weighted by molar-refractivity contribution is -0.117. The van der Waals surface area contributed by atoms with E-state index in [1.807, 2.05) is 0 Å². The Morgan fingerprint density at radius 2 is 2.31 bits per heavy atom. The number of aromatic nitrogens is 3. The Morgan fingerprint density at radius 1 is 1.62 bits per heavy atom. The molecule has 0 aromatic carbocycles. The van der Waals surface area contributed by atoms with E-state index in [0.717, 1.165) is 0 Å². The fraction of sp³-hybridized carbons (Fsp3) is 0.500. The molecule has 6 nitrogen and oxygen atoms in total. The van der Waals surface area contributed by atoms with E-state index in [-0.39, 0.29) is 5.91 Å². The number of hydrogen-bond acceptors (Lipinski definition) is 5. The van der Waals surface area contributed by atoms with Crippen LogP contribution in [0.1, 0.15) is 6.42 Å². The monoisotopic (exact) mass is 201 g/mol. The van der Waals surface area contributed by atoms with E-state index >= 15 is 0 Å². The number of thioether (sulfide) groups is 1. The molecule has 1 heterocycles. The van der Waals surface area contributed by atoms with Crippen LogP contribution in [0.4, 0.5) is 5.95 Å². The maximum Gasteiger partial charge on any atom is 0.222 e. The van der Waals surface area contributed by atoms with Crippen LogP contribution < -0.4 is 11.5 Å². The van der Waals surface area contributed by atoms with Crippen LogP contribution in [0.25, 0.3) is 0 Å². The number of carbonyl (C=O) groups is 1. The lowest BCUT2D eigenvalue weighted by atomic mass is 10.5. The molecule has 1 rings (SSSR count). The molecule has 1 aromatic heterocycles. The summed E-state index contributed by atoms with van der Waals surface area (Å²) in [6, 6.07) is 0. The van der Waals surface area contributed by atoms with Crippen molar-refractivity contribution in [3.8, 4) is 0 Å². The molecule has 0 radical (unpaired) electrons. The Kier molecular flexibility index (Phi) is 3.13. The average Bonchev–Trinajstić information content (AvgIpc) is 2.35. The largest absolute Gasteiger partial charge is 0.370 e. The van der Waals surface area contributed by atoms with Gasteiger partial charge in [0.2, 0.25) is 11.9 Å². The van der Waals surface area contributed by atoms with Crippen LogP contribution >= 0.6 is 11.8 Å². The first-order valence-corrected chi connectivity index (χ1v) is 4.66. The zero-order chi connectivity index (χ0) is 9.84. The highest BCUT2D eigenvalue weighted by Crippen LogP contribution is 2.16. The molecule has 0 atom stereocenters. The van der Waals surface area contributed by atoms with Crippen molar-refractivity contribution in [2.45, 2.75) is 11.6 Å². The molecule has 0 saturated carbocycles. The van der Waals surface area contributed by atoms with E-state index < -0.39 is 0 Å². The first-order chi connectivity index (χ1) is 6.11. The second-order valence-corrected chi connectivity index (χ2v) is 3.53. The van der Waals surface area contributed by atoms with E-state index in [1.54, 1.807) is 11.6 Å². The third-order valence-corrected chi connectivity index (χ3v) is 2.47. The van der Waals surface area contributed by atoms with Crippen molar-refractivity contribution in [1.82, 2.24) is 14.8 Å². The Morgan fingerprint density at radius 3 is 2.77 bits per heavy atom. The summed E-state index contributed by atoms with van der Waals surface area (Å²) in [7, 11) is 1.77. The van der Waals surface area contributed by atoms with Gasteiger partial charge in [0.05, 0.1) is 0 Å². The molecule has 0 fully saturated rings. The fourth-order valence-corrected chi connectivity index (χ4v) is 1.57. The number of amides is 1. The molecule has 7 heteroatoms. The minimum absolute atomic E-state index is 0.317. The SMILES string of the molecule is Cn1c(N)nnc1SCCC(N)=O. The van der Waals surface area contributed by atoms with E-state index in [2.05, 4.69) is 10.2 Å². The molecule has 1 aromatic rings. The molecule has 0 bridgehead atoms. The van der Waals surface area contributed by atoms with Gasteiger partial charge in [0, 0.05) is 19.2 Å². The van der Waals surface area contributed by atoms with E-state index in [4.69, 9.17) is 11.5 Å². The topological polar surface area (TPSA) is 99.8 Å². The summed E-state index contributed by atoms with van der Waals surface area (Å²) < 4.78 is 1.66. The van der Waals surface area contributed by atoms with Crippen LogP contribution in [-0.4, -0.2) is 26.4 Å². The Balaban J connectivity index is 2.45. The Bertz CT molecular complexity index is 310. The second kappa shape index (κ2) is 4.13. The van der Waals surface area contributed by atoms with Crippen molar-refractivity contribution in [3.05, 3.63) is 0 Å². The number of nitrogens with two attached hydrogens (primary N) is 2. The maximum atomic E-state index is 10.4. The van der Waals surface area contributed by atoms with Crippen molar-refractivity contribution in [2.75, 3.05) is 11.5 Å². The molecule has 0 saturated heterocycles. The molecular formula is C6H11N5OS. The summed E-state index contributed by atoms with van der Waals surface area (Å²) in [6.07, 6.45) is 0.331. The van der Waals surface area contributed by atoms with Gasteiger partial charge >= 0.3 is 0 Å². The van der Waals surface area contributed by atoms with Gasteiger partial charge in [0.15, 0.2) is 5.16 Å². The van der Waals surface area contributed by atoms with E-state index in [1.165, 1.54) is 11.8 Å². The standard InChI is InChI=1S/C6H11N5OS/c1-11-5(8)9-10-6(11)13-3-2-4(7)12/h2-3H2,1H3,(H2,7,12)(H2,8,9). The molecular weight excluding hydrogens is 190 g/mol. The molecule has 0 aliphatic rings. The summed E-state index contributed by atoms with van der Waals surface area (Å²) in [5.74, 6) is 0.644. The van der Waals surface area contributed by atoms with E-state index in [9.17, 15) is 4.79 Å². The van der Waals surface area contributed by atoms with Gasteiger partial charge < -0.3 is 11.5 Å². The zero-order valence-corrected chi connectivity index (χ0v) is 8.04. The summed E-state index contributed by atoms with van der Waals surface area (Å²) >= 11 is 1.40. The Hall–Kier alpha value is -1.24. The number of anilines is 1. The highest BCUT2D eigenvalue weighted by atomic mass is 32.2. The number of rotatable bonds is 4. The second-order valence-electron chi connectivity index (χ2n) is 2.46. The van der Waals surface area contributed by atoms with Gasteiger partial charge in [-0.25, -0.2) is 0 Å². The van der Waals surface area contributed by atoms with Gasteiger partial charge in [-0.3, -0.25) is 9.36 Å². The predicted molar refractivity (Wildman–Crippen MR) is 50.0 cm³/mol. The molecule has 0 aliphatic heterocycles. The minimum Gasteiger partial charge on any atom is -0.370 e. The Labute approximate surface area is 79.7 Å². The maximum absolute atomic E-state index is 10.4. The fourth-order valence-electron chi connectivity index (χ4n) is 0.695. The lowest BCUT2D eigenvalue weighted by Crippen LogP contribution is -2.11. The normalized spacial score (nSPS) is 10.2. The van der Waals surface area contributed by atoms with Gasteiger partial charge in [-0.2, -0.15) is 0 Å². The first kappa shape index (κ1) is 9.85. The van der Waals surface area contributed by atoms with Crippen molar-refractivity contribution in [2.24, 2.45) is 12.8 Å². The van der Waals surface area contributed by atoms with Crippen LogP contribution in [0, 0.1) is 0 Å². The average molecular weight is 201 g/mol. The van der Waals surface area contributed by atoms with Gasteiger partial charge in [-0.05, 0) is 0 Å². The third kappa shape index (κ3) is 2.62. The molecule has 0 aliphatic carbocycles. The minimum atomic E-state index is -0.317. The van der Waals surface area contributed by atoms with Crippen LogP contribution in [-0.2, 0) is 11.8 Å². The van der Waals surface area contributed by atoms with Crippen molar-refractivity contribution in [1.29, 1.82) is 0 Å². The van der Waals surface area contributed by atoms with Gasteiger partial charge in [0.25, 0.3) is 0 Å². The molecule has 1 amide bonds. The smallest absolute Gasteiger partial charge is 0.222 e. The lowest BCUT2D eigenvalue weighted by Gasteiger charge is -1.98. The molecule has 72 valence electrons. The van der Waals surface area contributed by atoms with Crippen molar-refractivity contribution >= 4 is 23.6 Å². The zero-order valence-electron chi connectivity index (χ0n) is 7.23. The highest BCUT2D eigenvalue weighted by molar-refractivity contribution is 7.99. The quantitative estimate of drug-likeness (QED) is 0.631. The number of primary amides is 1. The number of carbonyl (C=O) groups excluding carboxylic acids is 1. The molecule has 0 unspecified atom stereocenters. The number of hydrogen-bond donors (Lipinski definition) is 2. The molecule has 13 heavy (non-hydrogen) atoms. The van der Waals surface area contributed by atoms with Crippen LogP contribution in [0.15, 0.2) is 5.16 Å². The van der Waals surface area contributed by atoms with Crippen molar-refractivity contribution < 1.29 is 4.79 Å². The summed E-state index contributed by atoms with van der Waals surface area (Å²) in [5.41, 5.74) is 10.4. The molecule has 4 N–H and O–H groups in total. The van der Waals surface area contributed by atoms with Gasteiger partial charge in [-0.15, -0.1) is 10.2 Å². The van der Waals surface area contributed by atoms with Crippen LogP contribution in [0.2, 0.25) is 0 Å². The first-order valence-electron chi connectivity index (χ1n) is 3.67. The predicted octanol–water partition coefficient (Wildman–Crippen LogP) is -0.635. The van der Waals surface area contributed by atoms with Gasteiger partial charge in [0.1, 0.15) is 0 Å². The summed E-state index contributed by atoms with van der Waals surface area (Å²) in [6.45, 7) is 0. The third-order valence-electron chi connectivity index (χ3n) is 1.45. The van der Waals surface area contributed by atoms with Crippen LogP contribution in [0.5, 0.6) is 0 Å². The number of nitrogens with zero attached hydrogens (tertiary/aromatic N) is 3. The van der Waals surface area contributed by atoms with Crippen molar-refractivity contribution in [3.63, 3.8) is 0 Å². The summed E-state index contributed by atoms with van der Waals surface area (Å²) in [5, 5.41) is 8.17. The van der Waals surface area contributed by atoms with E-state index in [0.29, 0.717) is 23.3 Å². The van der Waals surface area contributed by atoms with Gasteiger partial charge in [-0.1, -0.05) is 11.8 Å². The summed E-state index contributed by atoms with van der Waals surface area (Å²) in [4.78, 5) is 10.4. The highest BCUT2D eigenvalue weighted by Gasteiger charge is 2.05. The molecule has 0 spiro atoms. The van der Waals surface area contributed by atoms with Crippen LogP contribution in [0.3, 0.4) is 0 Å². The number of nitrogen functional groups attached to an aromatic ring is 1.